The summed E-state index contributed by atoms with van der Waals surface area (Å²) in [7, 11) is 1.62. The Kier molecular flexibility index (Phi) is 4.21. The third kappa shape index (κ3) is 2.96. The summed E-state index contributed by atoms with van der Waals surface area (Å²) in [6.07, 6.45) is 4.18. The Morgan fingerprint density at radius 1 is 1.23 bits per heavy atom. The molecule has 1 atom stereocenters. The lowest BCUT2D eigenvalue weighted by Crippen LogP contribution is -2.42. The van der Waals surface area contributed by atoms with E-state index < -0.39 is 0 Å². The molecule has 0 aliphatic carbocycles. The summed E-state index contributed by atoms with van der Waals surface area (Å²) < 4.78 is 5.19. The van der Waals surface area contributed by atoms with Crippen LogP contribution in [-0.4, -0.2) is 23.0 Å². The molecule has 5 heteroatoms. The zero-order chi connectivity index (χ0) is 18.1. The summed E-state index contributed by atoms with van der Waals surface area (Å²) in [5.74, 6) is 1.39. The zero-order valence-electron chi connectivity index (χ0n) is 15.1. The van der Waals surface area contributed by atoms with Crippen LogP contribution in [0.3, 0.4) is 0 Å². The summed E-state index contributed by atoms with van der Waals surface area (Å²) in [6.45, 7) is 6.02. The molecule has 26 heavy (non-hydrogen) atoms. The lowest BCUT2D eigenvalue weighted by atomic mass is 10.1. The summed E-state index contributed by atoms with van der Waals surface area (Å²) in [4.78, 5) is 11.6. The van der Waals surface area contributed by atoms with E-state index in [2.05, 4.69) is 52.1 Å². The Labute approximate surface area is 153 Å². The molecule has 1 aromatic carbocycles. The Bertz CT molecular complexity index is 901. The molecule has 0 spiro atoms. The van der Waals surface area contributed by atoms with Crippen LogP contribution in [0, 0.1) is 6.92 Å². The number of pyridine rings is 1. The van der Waals surface area contributed by atoms with Crippen molar-refractivity contribution in [3.05, 3.63) is 77.8 Å². The van der Waals surface area contributed by atoms with Gasteiger partial charge in [0.05, 0.1) is 24.5 Å². The van der Waals surface area contributed by atoms with Gasteiger partial charge in [-0.2, -0.15) is 0 Å². The number of aromatic nitrogens is 1. The van der Waals surface area contributed by atoms with E-state index in [1.807, 2.05) is 25.1 Å². The summed E-state index contributed by atoms with van der Waals surface area (Å²) >= 11 is 0. The molecule has 1 unspecified atom stereocenters. The predicted molar refractivity (Wildman–Crippen MR) is 103 cm³/mol. The normalized spacial score (nSPS) is 20.6. The number of aryl methyl sites for hydroxylation is 1. The number of fused-ring (bicyclic) bond motifs is 1. The van der Waals surface area contributed by atoms with E-state index in [-0.39, 0.29) is 6.04 Å². The Morgan fingerprint density at radius 3 is 2.77 bits per heavy atom. The zero-order valence-corrected chi connectivity index (χ0v) is 15.1. The minimum atomic E-state index is 0.272. The number of methoxy groups -OCH3 is 1. The number of aliphatic imine (C=N–C) groups is 1. The highest BCUT2D eigenvalue weighted by molar-refractivity contribution is 5.88. The van der Waals surface area contributed by atoms with Gasteiger partial charge in [-0.3, -0.25) is 0 Å². The van der Waals surface area contributed by atoms with Crippen LogP contribution in [0.5, 0.6) is 5.88 Å². The second kappa shape index (κ2) is 6.67. The molecule has 5 nitrogen and oxygen atoms in total. The molecule has 1 saturated heterocycles. The molecule has 0 saturated carbocycles. The van der Waals surface area contributed by atoms with Crippen LogP contribution in [0.15, 0.2) is 71.5 Å². The molecule has 2 aliphatic heterocycles. The molecule has 0 amide bonds. The molecule has 3 heterocycles. The molecule has 4 rings (SSSR count). The molecule has 132 valence electrons. The number of guanidine groups is 1. The van der Waals surface area contributed by atoms with Gasteiger partial charge >= 0.3 is 0 Å². The summed E-state index contributed by atoms with van der Waals surface area (Å²) in [5.41, 5.74) is 5.06. The fraction of sp³-hybridized carbons (Fsp3) is 0.238. The van der Waals surface area contributed by atoms with Gasteiger partial charge in [0.25, 0.3) is 0 Å². The number of benzene rings is 1. The van der Waals surface area contributed by atoms with Crippen molar-refractivity contribution in [2.45, 2.75) is 25.8 Å². The minimum Gasteiger partial charge on any atom is -0.481 e. The van der Waals surface area contributed by atoms with Crippen molar-refractivity contribution in [3.8, 4) is 5.88 Å². The number of nitrogens with one attached hydrogen (secondary N) is 1. The van der Waals surface area contributed by atoms with Crippen LogP contribution in [-0.2, 0) is 0 Å². The van der Waals surface area contributed by atoms with Crippen LogP contribution in [0.25, 0.3) is 0 Å². The van der Waals surface area contributed by atoms with Crippen LogP contribution in [0.2, 0.25) is 0 Å². The first-order valence-corrected chi connectivity index (χ1v) is 8.76. The van der Waals surface area contributed by atoms with E-state index >= 15 is 0 Å². The molecule has 1 fully saturated rings. The van der Waals surface area contributed by atoms with Crippen molar-refractivity contribution >= 4 is 11.6 Å². The minimum absolute atomic E-state index is 0.272. The van der Waals surface area contributed by atoms with Crippen molar-refractivity contribution < 1.29 is 4.74 Å². The van der Waals surface area contributed by atoms with Gasteiger partial charge < -0.3 is 15.0 Å². The number of rotatable bonds is 3. The predicted octanol–water partition coefficient (Wildman–Crippen LogP) is 4.22. The Balaban J connectivity index is 1.75. The van der Waals surface area contributed by atoms with Crippen molar-refractivity contribution in [1.82, 2.24) is 15.2 Å². The topological polar surface area (TPSA) is 49.8 Å². The molecule has 1 aromatic heterocycles. The average Bonchev–Trinajstić information content (AvgIpc) is 3.08. The van der Waals surface area contributed by atoms with Crippen molar-refractivity contribution in [1.29, 1.82) is 0 Å². The fourth-order valence-corrected chi connectivity index (χ4v) is 3.55. The largest absolute Gasteiger partial charge is 0.481 e. The summed E-state index contributed by atoms with van der Waals surface area (Å²) in [5, 5.41) is 3.34. The van der Waals surface area contributed by atoms with Crippen LogP contribution >= 0.6 is 0 Å². The highest BCUT2D eigenvalue weighted by Crippen LogP contribution is 2.40. The van der Waals surface area contributed by atoms with Gasteiger partial charge in [0.2, 0.25) is 11.8 Å². The maximum atomic E-state index is 5.19. The maximum Gasteiger partial charge on any atom is 0.213 e. The molecule has 2 aromatic rings. The monoisotopic (exact) mass is 346 g/mol. The van der Waals surface area contributed by atoms with Gasteiger partial charge in [0, 0.05) is 17.5 Å². The Hall–Kier alpha value is -3.08. The first-order chi connectivity index (χ1) is 12.7. The third-order valence-corrected chi connectivity index (χ3v) is 4.79. The number of hydrogen-bond donors (Lipinski definition) is 1. The SMILES string of the molecule is C=C1C=C2CCC(c3ccccc3)N2C(=Nc2ccc(OC)nc2C)N1. The van der Waals surface area contributed by atoms with Crippen molar-refractivity contribution in [3.63, 3.8) is 0 Å². The smallest absolute Gasteiger partial charge is 0.213 e. The third-order valence-electron chi connectivity index (χ3n) is 4.79. The first-order valence-electron chi connectivity index (χ1n) is 8.76. The number of hydrogen-bond acceptors (Lipinski definition) is 3. The van der Waals surface area contributed by atoms with Gasteiger partial charge in [-0.05, 0) is 37.5 Å². The van der Waals surface area contributed by atoms with Gasteiger partial charge in [-0.15, -0.1) is 0 Å². The molecule has 0 bridgehead atoms. The van der Waals surface area contributed by atoms with Gasteiger partial charge in [0.1, 0.15) is 0 Å². The van der Waals surface area contributed by atoms with Gasteiger partial charge in [0.15, 0.2) is 0 Å². The van der Waals surface area contributed by atoms with E-state index in [9.17, 15) is 0 Å². The lowest BCUT2D eigenvalue weighted by molar-refractivity contribution is 0.397. The quantitative estimate of drug-likeness (QED) is 0.904. The maximum absolute atomic E-state index is 5.19. The van der Waals surface area contributed by atoms with E-state index in [0.717, 1.165) is 35.9 Å². The van der Waals surface area contributed by atoms with Crippen LogP contribution in [0.1, 0.15) is 30.1 Å². The van der Waals surface area contributed by atoms with Crippen molar-refractivity contribution in [2.75, 3.05) is 7.11 Å². The molecular weight excluding hydrogens is 324 g/mol. The fourth-order valence-electron chi connectivity index (χ4n) is 3.55. The standard InChI is InChI=1S/C21H22N4O/c1-14-13-17-9-11-19(16-7-5-4-6-8-16)25(17)21(22-14)24-18-10-12-20(26-3)23-15(18)2/h4-8,10,12-13,19H,1,9,11H2,2-3H3,(H,22,24). The highest BCUT2D eigenvalue weighted by Gasteiger charge is 2.35. The van der Waals surface area contributed by atoms with E-state index in [4.69, 9.17) is 9.73 Å². The molecular formula is C21H22N4O. The molecule has 0 radical (unpaired) electrons. The van der Waals surface area contributed by atoms with Crippen molar-refractivity contribution in [2.24, 2.45) is 4.99 Å². The lowest BCUT2D eigenvalue weighted by Gasteiger charge is -2.33. The highest BCUT2D eigenvalue weighted by atomic mass is 16.5. The van der Waals surface area contributed by atoms with E-state index in [0.29, 0.717) is 5.88 Å². The summed E-state index contributed by atoms with van der Waals surface area (Å²) in [6, 6.07) is 14.6. The van der Waals surface area contributed by atoms with Crippen LogP contribution in [0.4, 0.5) is 5.69 Å². The number of ether oxygens (including phenoxy) is 1. The van der Waals surface area contributed by atoms with Gasteiger partial charge in [-0.1, -0.05) is 36.9 Å². The second-order valence-electron chi connectivity index (χ2n) is 6.51. The second-order valence-corrected chi connectivity index (χ2v) is 6.51. The number of nitrogens with zero attached hydrogens (tertiary/aromatic N) is 3. The molecule has 1 N–H and O–H groups in total. The van der Waals surface area contributed by atoms with E-state index in [1.165, 1.54) is 11.3 Å². The van der Waals surface area contributed by atoms with E-state index in [1.54, 1.807) is 7.11 Å². The Morgan fingerprint density at radius 2 is 2.04 bits per heavy atom. The van der Waals surface area contributed by atoms with Crippen LogP contribution < -0.4 is 10.1 Å². The first kappa shape index (κ1) is 16.4. The average molecular weight is 346 g/mol. The van der Waals surface area contributed by atoms with Gasteiger partial charge in [-0.25, -0.2) is 9.98 Å². The number of allylic oxidation sites excluding steroid dienone is 2. The molecule has 2 aliphatic rings.